The Bertz CT molecular complexity index is 522. The van der Waals surface area contributed by atoms with Gasteiger partial charge in [-0.05, 0) is 44.0 Å². The number of hydrogen-bond acceptors (Lipinski definition) is 2. The van der Waals surface area contributed by atoms with Crippen LogP contribution in [0.3, 0.4) is 0 Å². The molecule has 2 heteroatoms. The lowest BCUT2D eigenvalue weighted by Gasteiger charge is -2.06. The second kappa shape index (κ2) is 4.91. The van der Waals surface area contributed by atoms with Gasteiger partial charge in [-0.25, -0.2) is 0 Å². The summed E-state index contributed by atoms with van der Waals surface area (Å²) in [5, 5.41) is 0. The zero-order valence-electron chi connectivity index (χ0n) is 10.4. The average molecular weight is 224 g/mol. The molecule has 0 aliphatic carbocycles. The molecule has 0 fully saturated rings. The van der Waals surface area contributed by atoms with E-state index in [9.17, 15) is 0 Å². The Kier molecular flexibility index (Phi) is 3.33. The van der Waals surface area contributed by atoms with Crippen molar-refractivity contribution in [2.24, 2.45) is 4.99 Å². The van der Waals surface area contributed by atoms with Gasteiger partial charge in [0.15, 0.2) is 0 Å². The Morgan fingerprint density at radius 2 is 1.71 bits per heavy atom. The van der Waals surface area contributed by atoms with E-state index in [1.54, 1.807) is 6.20 Å². The number of hydrogen-bond donors (Lipinski definition) is 0. The first-order chi connectivity index (χ1) is 8.18. The zero-order valence-corrected chi connectivity index (χ0v) is 10.4. The second-order valence-electron chi connectivity index (χ2n) is 4.15. The summed E-state index contributed by atoms with van der Waals surface area (Å²) in [4.78, 5) is 8.99. The number of para-hydroxylation sites is 1. The summed E-state index contributed by atoms with van der Waals surface area (Å²) in [5.41, 5.74) is 5.31. The summed E-state index contributed by atoms with van der Waals surface area (Å²) >= 11 is 0. The summed E-state index contributed by atoms with van der Waals surface area (Å²) in [6.45, 7) is 6.16. The van der Waals surface area contributed by atoms with Gasteiger partial charge in [0.2, 0.25) is 0 Å². The lowest BCUT2D eigenvalue weighted by Crippen LogP contribution is -1.97. The lowest BCUT2D eigenvalue weighted by atomic mass is 10.1. The molecule has 0 radical (unpaired) electrons. The third-order valence-electron chi connectivity index (χ3n) is 2.75. The van der Waals surface area contributed by atoms with Gasteiger partial charge in [0.05, 0.1) is 17.1 Å². The number of benzene rings is 1. The monoisotopic (exact) mass is 224 g/mol. The van der Waals surface area contributed by atoms with Gasteiger partial charge in [-0.1, -0.05) is 24.3 Å². The molecular weight excluding hydrogens is 208 g/mol. The number of aryl methyl sites for hydroxylation is 2. The van der Waals surface area contributed by atoms with Gasteiger partial charge in [-0.3, -0.25) is 9.98 Å². The van der Waals surface area contributed by atoms with Crippen LogP contribution in [0.15, 0.2) is 47.6 Å². The first kappa shape index (κ1) is 11.5. The largest absolute Gasteiger partial charge is 0.255 e. The van der Waals surface area contributed by atoms with E-state index in [-0.39, 0.29) is 0 Å². The van der Waals surface area contributed by atoms with Crippen molar-refractivity contribution in [1.29, 1.82) is 0 Å². The molecule has 0 aliphatic rings. The fourth-order valence-corrected chi connectivity index (χ4v) is 1.78. The molecule has 1 aromatic carbocycles. The molecule has 2 aromatic rings. The third kappa shape index (κ3) is 2.59. The predicted octanol–water partition coefficient (Wildman–Crippen LogP) is 3.84. The molecular formula is C15H16N2. The molecule has 2 rings (SSSR count). The first-order valence-corrected chi connectivity index (χ1v) is 5.71. The van der Waals surface area contributed by atoms with Crippen LogP contribution >= 0.6 is 0 Å². The highest BCUT2D eigenvalue weighted by molar-refractivity contribution is 5.98. The highest BCUT2D eigenvalue weighted by Gasteiger charge is 2.02. The number of rotatable bonds is 2. The lowest BCUT2D eigenvalue weighted by molar-refractivity contribution is 1.26. The number of aliphatic imine (C=N–C) groups is 1. The van der Waals surface area contributed by atoms with E-state index in [1.807, 2.05) is 25.1 Å². The summed E-state index contributed by atoms with van der Waals surface area (Å²) in [5.74, 6) is 0. The zero-order chi connectivity index (χ0) is 12.3. The van der Waals surface area contributed by atoms with Crippen molar-refractivity contribution in [2.75, 3.05) is 0 Å². The van der Waals surface area contributed by atoms with Gasteiger partial charge in [-0.2, -0.15) is 0 Å². The molecule has 0 spiro atoms. The van der Waals surface area contributed by atoms with E-state index in [4.69, 9.17) is 0 Å². The van der Waals surface area contributed by atoms with Crippen LogP contribution in [0, 0.1) is 13.8 Å². The Morgan fingerprint density at radius 1 is 1.00 bits per heavy atom. The molecule has 0 unspecified atom stereocenters. The van der Waals surface area contributed by atoms with E-state index in [0.717, 1.165) is 17.1 Å². The normalized spacial score (nSPS) is 11.6. The topological polar surface area (TPSA) is 25.2 Å². The molecule has 2 nitrogen and oxygen atoms in total. The summed E-state index contributed by atoms with van der Waals surface area (Å²) in [6.07, 6.45) is 1.79. The fourth-order valence-electron chi connectivity index (χ4n) is 1.78. The molecule has 0 N–H and O–H groups in total. The molecule has 17 heavy (non-hydrogen) atoms. The van der Waals surface area contributed by atoms with Crippen LogP contribution in [0.1, 0.15) is 23.7 Å². The molecule has 0 aliphatic heterocycles. The van der Waals surface area contributed by atoms with Crippen molar-refractivity contribution < 1.29 is 0 Å². The highest BCUT2D eigenvalue weighted by atomic mass is 14.8. The molecule has 1 aromatic heterocycles. The molecule has 0 saturated carbocycles. The summed E-state index contributed by atoms with van der Waals surface area (Å²) < 4.78 is 0. The van der Waals surface area contributed by atoms with Crippen LogP contribution in [0.5, 0.6) is 0 Å². The highest BCUT2D eigenvalue weighted by Crippen LogP contribution is 2.23. The average Bonchev–Trinajstić information content (AvgIpc) is 2.35. The quantitative estimate of drug-likeness (QED) is 0.711. The van der Waals surface area contributed by atoms with E-state index in [0.29, 0.717) is 0 Å². The van der Waals surface area contributed by atoms with Crippen molar-refractivity contribution in [3.63, 3.8) is 0 Å². The van der Waals surface area contributed by atoms with Crippen LogP contribution in [0.2, 0.25) is 0 Å². The maximum atomic E-state index is 4.68. The van der Waals surface area contributed by atoms with Crippen molar-refractivity contribution >= 4 is 11.4 Å². The minimum absolute atomic E-state index is 0.926. The van der Waals surface area contributed by atoms with Gasteiger partial charge >= 0.3 is 0 Å². The van der Waals surface area contributed by atoms with Crippen LogP contribution in [0.4, 0.5) is 5.69 Å². The molecule has 0 bridgehead atoms. The van der Waals surface area contributed by atoms with Gasteiger partial charge in [-0.15, -0.1) is 0 Å². The van der Waals surface area contributed by atoms with Crippen molar-refractivity contribution in [1.82, 2.24) is 4.98 Å². The van der Waals surface area contributed by atoms with E-state index < -0.39 is 0 Å². The standard InChI is InChI=1S/C15H16N2/c1-11-7-6-8-12(2)15(11)17-13(3)14-9-4-5-10-16-14/h4-10H,1-3H3/b17-13+. The minimum atomic E-state index is 0.926. The molecule has 0 atom stereocenters. The number of pyridine rings is 1. The molecule has 1 heterocycles. The van der Waals surface area contributed by atoms with Crippen molar-refractivity contribution in [3.05, 3.63) is 59.4 Å². The smallest absolute Gasteiger partial charge is 0.0841 e. The van der Waals surface area contributed by atoms with Gasteiger partial charge in [0.1, 0.15) is 0 Å². The van der Waals surface area contributed by atoms with Crippen LogP contribution in [-0.4, -0.2) is 10.7 Å². The molecule has 86 valence electrons. The van der Waals surface area contributed by atoms with Crippen molar-refractivity contribution in [3.8, 4) is 0 Å². The third-order valence-corrected chi connectivity index (χ3v) is 2.75. The minimum Gasteiger partial charge on any atom is -0.255 e. The van der Waals surface area contributed by atoms with E-state index in [2.05, 4.69) is 42.0 Å². The molecule has 0 saturated heterocycles. The maximum Gasteiger partial charge on any atom is 0.0841 e. The predicted molar refractivity (Wildman–Crippen MR) is 72.0 cm³/mol. The Balaban J connectivity index is 2.43. The van der Waals surface area contributed by atoms with Crippen LogP contribution < -0.4 is 0 Å². The fraction of sp³-hybridized carbons (Fsp3) is 0.200. The number of nitrogens with zero attached hydrogens (tertiary/aromatic N) is 2. The van der Waals surface area contributed by atoms with Gasteiger partial charge in [0, 0.05) is 6.20 Å². The van der Waals surface area contributed by atoms with Gasteiger partial charge in [0.25, 0.3) is 0 Å². The van der Waals surface area contributed by atoms with Crippen LogP contribution in [-0.2, 0) is 0 Å². The Morgan fingerprint density at radius 3 is 2.29 bits per heavy atom. The first-order valence-electron chi connectivity index (χ1n) is 5.71. The second-order valence-corrected chi connectivity index (χ2v) is 4.15. The summed E-state index contributed by atoms with van der Waals surface area (Å²) in [6, 6.07) is 12.1. The SMILES string of the molecule is C/C(=N\c1c(C)cccc1C)c1ccccn1. The Hall–Kier alpha value is -1.96. The maximum absolute atomic E-state index is 4.68. The molecule has 0 amide bonds. The Labute approximate surface area is 102 Å². The van der Waals surface area contributed by atoms with E-state index >= 15 is 0 Å². The number of aromatic nitrogens is 1. The summed E-state index contributed by atoms with van der Waals surface area (Å²) in [7, 11) is 0. The van der Waals surface area contributed by atoms with Gasteiger partial charge < -0.3 is 0 Å². The van der Waals surface area contributed by atoms with Crippen LogP contribution in [0.25, 0.3) is 0 Å². The van der Waals surface area contributed by atoms with E-state index in [1.165, 1.54) is 11.1 Å². The van der Waals surface area contributed by atoms with Crippen molar-refractivity contribution in [2.45, 2.75) is 20.8 Å².